The van der Waals surface area contributed by atoms with Gasteiger partial charge >= 0.3 is 5.97 Å². The van der Waals surface area contributed by atoms with E-state index in [1.807, 2.05) is 6.92 Å². The van der Waals surface area contributed by atoms with Crippen LogP contribution in [0.15, 0.2) is 6.20 Å². The van der Waals surface area contributed by atoms with Gasteiger partial charge in [0.2, 0.25) is 0 Å². The monoisotopic (exact) mass is 267 g/mol. The van der Waals surface area contributed by atoms with Crippen LogP contribution in [0.5, 0.6) is 0 Å². The summed E-state index contributed by atoms with van der Waals surface area (Å²) in [6.07, 6.45) is 2.20. The highest BCUT2D eigenvalue weighted by Crippen LogP contribution is 2.15. The smallest absolute Gasteiger partial charge is 0.358 e. The number of aromatic nitrogens is 4. The summed E-state index contributed by atoms with van der Waals surface area (Å²) in [5.41, 5.74) is 6.01. The van der Waals surface area contributed by atoms with Crippen molar-refractivity contribution in [3.05, 3.63) is 27.5 Å². The molecule has 0 aromatic carbocycles. The van der Waals surface area contributed by atoms with Gasteiger partial charge in [-0.15, -0.1) is 16.4 Å². The zero-order chi connectivity index (χ0) is 13.1. The van der Waals surface area contributed by atoms with Crippen molar-refractivity contribution in [2.45, 2.75) is 19.9 Å². The quantitative estimate of drug-likeness (QED) is 0.806. The molecule has 18 heavy (non-hydrogen) atoms. The van der Waals surface area contributed by atoms with Gasteiger partial charge in [0.1, 0.15) is 0 Å². The molecule has 7 nitrogen and oxygen atoms in total. The second-order valence-electron chi connectivity index (χ2n) is 3.73. The number of thiazole rings is 1. The van der Waals surface area contributed by atoms with Crippen LogP contribution in [-0.4, -0.2) is 37.6 Å². The lowest BCUT2D eigenvalue weighted by Crippen LogP contribution is -2.13. The van der Waals surface area contributed by atoms with Crippen molar-refractivity contribution < 1.29 is 9.90 Å². The molecule has 0 aliphatic carbocycles. The summed E-state index contributed by atoms with van der Waals surface area (Å²) >= 11 is 1.55. The van der Waals surface area contributed by atoms with Crippen LogP contribution in [0.2, 0.25) is 0 Å². The number of nitrogens with two attached hydrogens (primary N) is 1. The Bertz CT molecular complexity index is 562. The van der Waals surface area contributed by atoms with Crippen LogP contribution >= 0.6 is 11.3 Å². The first-order chi connectivity index (χ1) is 8.61. The fourth-order valence-corrected chi connectivity index (χ4v) is 2.41. The minimum atomic E-state index is -1.08. The Hall–Kier alpha value is -1.80. The molecule has 2 rings (SSSR count). The van der Waals surface area contributed by atoms with Crippen molar-refractivity contribution in [3.8, 4) is 0 Å². The Morgan fingerprint density at radius 3 is 2.94 bits per heavy atom. The maximum atomic E-state index is 11.0. The highest BCUT2D eigenvalue weighted by atomic mass is 32.1. The molecule has 2 aromatic rings. The largest absolute Gasteiger partial charge is 0.476 e. The third-order valence-corrected chi connectivity index (χ3v) is 3.29. The zero-order valence-electron chi connectivity index (χ0n) is 9.83. The molecule has 2 heterocycles. The maximum absolute atomic E-state index is 11.0. The van der Waals surface area contributed by atoms with Crippen molar-refractivity contribution >= 4 is 17.3 Å². The van der Waals surface area contributed by atoms with E-state index in [1.54, 1.807) is 22.2 Å². The van der Waals surface area contributed by atoms with Crippen LogP contribution in [-0.2, 0) is 13.0 Å². The van der Waals surface area contributed by atoms with Crippen LogP contribution in [0.3, 0.4) is 0 Å². The number of carboxylic acids is 1. The Kier molecular flexibility index (Phi) is 3.68. The molecule has 0 radical (unpaired) electrons. The average molecular weight is 267 g/mol. The minimum Gasteiger partial charge on any atom is -0.476 e. The van der Waals surface area contributed by atoms with E-state index in [2.05, 4.69) is 15.3 Å². The van der Waals surface area contributed by atoms with Gasteiger partial charge in [-0.2, -0.15) is 0 Å². The van der Waals surface area contributed by atoms with E-state index in [4.69, 9.17) is 10.8 Å². The highest BCUT2D eigenvalue weighted by molar-refractivity contribution is 7.11. The Balaban J connectivity index is 2.29. The molecule has 0 aliphatic rings. The molecule has 2 aromatic heterocycles. The average Bonchev–Trinajstić information content (AvgIpc) is 2.88. The predicted octanol–water partition coefficient (Wildman–Crippen LogP) is 0.291. The molecule has 0 bridgehead atoms. The SMILES string of the molecule is Cc1ncc(Cn2nnc(C(=O)O)c2CCN)s1. The number of carbonyl (C=O) groups is 1. The molecular formula is C10H13N5O2S. The lowest BCUT2D eigenvalue weighted by Gasteiger charge is -2.03. The van der Waals surface area contributed by atoms with Gasteiger partial charge in [0, 0.05) is 17.5 Å². The number of hydrogen-bond acceptors (Lipinski definition) is 6. The van der Waals surface area contributed by atoms with E-state index in [1.165, 1.54) is 0 Å². The van der Waals surface area contributed by atoms with Crippen LogP contribution in [0.4, 0.5) is 0 Å². The maximum Gasteiger partial charge on any atom is 0.358 e. The number of hydrogen-bond donors (Lipinski definition) is 2. The van der Waals surface area contributed by atoms with Crippen LogP contribution < -0.4 is 5.73 Å². The molecule has 3 N–H and O–H groups in total. The van der Waals surface area contributed by atoms with Gasteiger partial charge in [0.15, 0.2) is 5.69 Å². The number of rotatable bonds is 5. The fraction of sp³-hybridized carbons (Fsp3) is 0.400. The molecular weight excluding hydrogens is 254 g/mol. The summed E-state index contributed by atoms with van der Waals surface area (Å²) in [4.78, 5) is 16.2. The first-order valence-electron chi connectivity index (χ1n) is 5.39. The van der Waals surface area contributed by atoms with Gasteiger partial charge in [0.05, 0.1) is 17.2 Å². The summed E-state index contributed by atoms with van der Waals surface area (Å²) in [5, 5.41) is 17.5. The zero-order valence-corrected chi connectivity index (χ0v) is 10.6. The van der Waals surface area contributed by atoms with Gasteiger partial charge < -0.3 is 10.8 Å². The van der Waals surface area contributed by atoms with Crippen molar-refractivity contribution in [1.82, 2.24) is 20.0 Å². The molecule has 96 valence electrons. The standard InChI is InChI=1S/C10H13N5O2S/c1-6-12-4-7(18-6)5-15-8(2-3-11)9(10(16)17)13-14-15/h4H,2-3,5,11H2,1H3,(H,16,17). The van der Waals surface area contributed by atoms with Gasteiger partial charge in [-0.05, 0) is 13.5 Å². The third-order valence-electron chi connectivity index (χ3n) is 2.40. The Labute approximate surface area is 107 Å². The number of aryl methyl sites for hydroxylation is 1. The molecule has 0 spiro atoms. The fourth-order valence-electron chi connectivity index (χ4n) is 1.64. The highest BCUT2D eigenvalue weighted by Gasteiger charge is 2.18. The van der Waals surface area contributed by atoms with Crippen molar-refractivity contribution in [2.75, 3.05) is 6.54 Å². The van der Waals surface area contributed by atoms with Crippen LogP contribution in [0.1, 0.15) is 26.1 Å². The molecule has 0 fully saturated rings. The molecule has 0 saturated carbocycles. The normalized spacial score (nSPS) is 10.8. The molecule has 8 heteroatoms. The minimum absolute atomic E-state index is 0.0262. The summed E-state index contributed by atoms with van der Waals surface area (Å²) < 4.78 is 1.57. The Morgan fingerprint density at radius 1 is 1.61 bits per heavy atom. The van der Waals surface area contributed by atoms with Crippen LogP contribution in [0.25, 0.3) is 0 Å². The van der Waals surface area contributed by atoms with E-state index in [-0.39, 0.29) is 5.69 Å². The Morgan fingerprint density at radius 2 is 2.39 bits per heavy atom. The number of nitrogens with zero attached hydrogens (tertiary/aromatic N) is 4. The first-order valence-corrected chi connectivity index (χ1v) is 6.20. The second kappa shape index (κ2) is 5.23. The van der Waals surface area contributed by atoms with Crippen LogP contribution in [0, 0.1) is 6.92 Å². The predicted molar refractivity (Wildman–Crippen MR) is 65.7 cm³/mol. The molecule has 0 atom stereocenters. The van der Waals surface area contributed by atoms with E-state index in [0.717, 1.165) is 9.88 Å². The van der Waals surface area contributed by atoms with Crippen molar-refractivity contribution in [3.63, 3.8) is 0 Å². The van der Waals surface area contributed by atoms with Gasteiger partial charge in [0.25, 0.3) is 0 Å². The lowest BCUT2D eigenvalue weighted by molar-refractivity contribution is 0.0689. The summed E-state index contributed by atoms with van der Waals surface area (Å²) in [6.45, 7) is 2.75. The lowest BCUT2D eigenvalue weighted by atomic mass is 10.2. The summed E-state index contributed by atoms with van der Waals surface area (Å²) in [5.74, 6) is -1.08. The van der Waals surface area contributed by atoms with Gasteiger partial charge in [-0.25, -0.2) is 14.5 Å². The molecule has 0 unspecified atom stereocenters. The van der Waals surface area contributed by atoms with E-state index in [9.17, 15) is 4.79 Å². The van der Waals surface area contributed by atoms with Crippen molar-refractivity contribution in [1.29, 1.82) is 0 Å². The second-order valence-corrected chi connectivity index (χ2v) is 5.05. The van der Waals surface area contributed by atoms with E-state index in [0.29, 0.717) is 25.2 Å². The molecule has 0 saturated heterocycles. The van der Waals surface area contributed by atoms with Gasteiger partial charge in [-0.3, -0.25) is 0 Å². The summed E-state index contributed by atoms with van der Waals surface area (Å²) in [7, 11) is 0. The van der Waals surface area contributed by atoms with Gasteiger partial charge in [-0.1, -0.05) is 5.21 Å². The van der Waals surface area contributed by atoms with E-state index < -0.39 is 5.97 Å². The summed E-state index contributed by atoms with van der Waals surface area (Å²) in [6, 6.07) is 0. The number of aromatic carboxylic acids is 1. The molecule has 0 aliphatic heterocycles. The topological polar surface area (TPSA) is 107 Å². The molecule has 0 amide bonds. The number of carboxylic acid groups (broad SMARTS) is 1. The first kappa shape index (κ1) is 12.7. The van der Waals surface area contributed by atoms with E-state index >= 15 is 0 Å². The third kappa shape index (κ3) is 2.54. The van der Waals surface area contributed by atoms with Crippen molar-refractivity contribution in [2.24, 2.45) is 5.73 Å².